The Balaban J connectivity index is 0.000000191. The van der Waals surface area contributed by atoms with Crippen molar-refractivity contribution in [2.24, 2.45) is 0 Å². The second-order valence-corrected chi connectivity index (χ2v) is 19.5. The fourth-order valence-electron chi connectivity index (χ4n) is 5.15. The molecule has 51 heavy (non-hydrogen) atoms. The number of aliphatic hydroxyl groups is 2. The SMILES string of the molecule is Brc1nn2c(I)cnc2s1.CC(C)(C)OC(=O)NC1(CO)CCN(c2nn3c(I)cnc3s2)CC1.CC(C)(C)OC(=O)NC1(CO)CCNCC1. The maximum Gasteiger partial charge on any atom is 0.408 e. The molecule has 2 aliphatic rings. The van der Waals surface area contributed by atoms with Crippen LogP contribution < -0.4 is 20.9 Å². The van der Waals surface area contributed by atoms with Gasteiger partial charge in [0.25, 0.3) is 0 Å². The Labute approximate surface area is 340 Å². The number of aromatic nitrogens is 6. The number of fused-ring (bicyclic) bond motifs is 2. The third kappa shape index (κ3) is 12.2. The molecule has 2 amide bonds. The second kappa shape index (κ2) is 17.7. The molecule has 2 saturated heterocycles. The highest BCUT2D eigenvalue weighted by Gasteiger charge is 2.38. The summed E-state index contributed by atoms with van der Waals surface area (Å²) in [5, 5.41) is 37.7. The lowest BCUT2D eigenvalue weighted by Crippen LogP contribution is -2.58. The van der Waals surface area contributed by atoms with E-state index in [1.807, 2.05) is 46.1 Å². The zero-order chi connectivity index (χ0) is 37.6. The van der Waals surface area contributed by atoms with E-state index in [2.05, 4.69) is 102 Å². The number of aliphatic hydroxyl groups excluding tert-OH is 2. The predicted octanol–water partition coefficient (Wildman–Crippen LogP) is 5.03. The first-order chi connectivity index (χ1) is 23.9. The first-order valence-corrected chi connectivity index (χ1v) is 20.8. The number of hydrogen-bond acceptors (Lipinski definition) is 14. The Morgan fingerprint density at radius 1 is 0.843 bits per heavy atom. The molecule has 0 aliphatic carbocycles. The first kappa shape index (κ1) is 42.1. The average molecular weight is 1040 g/mol. The molecule has 21 heteroatoms. The zero-order valence-electron chi connectivity index (χ0n) is 29.3. The van der Waals surface area contributed by atoms with Gasteiger partial charge in [0, 0.05) is 13.1 Å². The molecule has 0 bridgehead atoms. The van der Waals surface area contributed by atoms with E-state index in [0.29, 0.717) is 25.9 Å². The van der Waals surface area contributed by atoms with Crippen LogP contribution in [-0.2, 0) is 9.47 Å². The summed E-state index contributed by atoms with van der Waals surface area (Å²) in [6, 6.07) is 0. The van der Waals surface area contributed by atoms with Gasteiger partial charge in [-0.1, -0.05) is 22.7 Å². The van der Waals surface area contributed by atoms with Crippen LogP contribution >= 0.6 is 83.8 Å². The molecule has 0 saturated carbocycles. The van der Waals surface area contributed by atoms with Crippen LogP contribution in [0, 0.1) is 7.40 Å². The Hall–Kier alpha value is -1.64. The second-order valence-electron chi connectivity index (χ2n) is 14.2. The van der Waals surface area contributed by atoms with Crippen molar-refractivity contribution in [2.75, 3.05) is 44.3 Å². The van der Waals surface area contributed by atoms with E-state index >= 15 is 0 Å². The topological polar surface area (TPSA) is 193 Å². The number of nitrogens with zero attached hydrogens (tertiary/aromatic N) is 7. The third-order valence-electron chi connectivity index (χ3n) is 7.74. The monoisotopic (exact) mass is 1040 g/mol. The van der Waals surface area contributed by atoms with Crippen molar-refractivity contribution < 1.29 is 29.3 Å². The molecule has 0 atom stereocenters. The summed E-state index contributed by atoms with van der Waals surface area (Å²) < 4.78 is 17.0. The van der Waals surface area contributed by atoms with Crippen LogP contribution in [-0.4, -0.2) is 113 Å². The highest BCUT2D eigenvalue weighted by molar-refractivity contribution is 14.1. The van der Waals surface area contributed by atoms with Gasteiger partial charge in [-0.3, -0.25) is 0 Å². The summed E-state index contributed by atoms with van der Waals surface area (Å²) in [4.78, 5) is 36.1. The van der Waals surface area contributed by atoms with Gasteiger partial charge < -0.3 is 40.5 Å². The minimum Gasteiger partial charge on any atom is -0.444 e. The minimum atomic E-state index is -0.648. The van der Waals surface area contributed by atoms with Crippen LogP contribution in [0.2, 0.25) is 0 Å². The van der Waals surface area contributed by atoms with Crippen molar-refractivity contribution >= 4 is 111 Å². The Morgan fingerprint density at radius 2 is 1.29 bits per heavy atom. The largest absolute Gasteiger partial charge is 0.444 e. The minimum absolute atomic E-state index is 0.0477. The van der Waals surface area contributed by atoms with Gasteiger partial charge in [0.05, 0.1) is 36.7 Å². The molecular formula is C30H45BrI2N10O6S2. The van der Waals surface area contributed by atoms with Crippen molar-refractivity contribution in [1.29, 1.82) is 0 Å². The number of ether oxygens (including phenoxy) is 2. The van der Waals surface area contributed by atoms with Gasteiger partial charge in [0.1, 0.15) is 18.6 Å². The van der Waals surface area contributed by atoms with E-state index < -0.39 is 34.5 Å². The van der Waals surface area contributed by atoms with E-state index in [0.717, 1.165) is 52.3 Å². The Morgan fingerprint density at radius 3 is 1.73 bits per heavy atom. The highest BCUT2D eigenvalue weighted by Crippen LogP contribution is 2.30. The molecule has 0 spiro atoms. The molecule has 4 aromatic heterocycles. The summed E-state index contributed by atoms with van der Waals surface area (Å²) >= 11 is 10.7. The lowest BCUT2D eigenvalue weighted by Gasteiger charge is -2.41. The molecule has 16 nitrogen and oxygen atoms in total. The van der Waals surface area contributed by atoms with Crippen LogP contribution in [0.25, 0.3) is 9.92 Å². The van der Waals surface area contributed by atoms with Crippen molar-refractivity contribution in [3.63, 3.8) is 0 Å². The number of rotatable bonds is 5. The van der Waals surface area contributed by atoms with Gasteiger partial charge in [-0.05, 0) is 141 Å². The quantitative estimate of drug-likeness (QED) is 0.168. The number of alkyl carbamates (subject to hydrolysis) is 2. The molecular weight excluding hydrogens is 994 g/mol. The molecule has 2 aliphatic heterocycles. The fraction of sp³-hybridized carbons (Fsp3) is 0.667. The predicted molar refractivity (Wildman–Crippen MR) is 217 cm³/mol. The molecule has 284 valence electrons. The molecule has 5 N–H and O–H groups in total. The number of amides is 2. The summed E-state index contributed by atoms with van der Waals surface area (Å²) in [7, 11) is 0. The van der Waals surface area contributed by atoms with Crippen molar-refractivity contribution in [2.45, 2.75) is 89.5 Å². The van der Waals surface area contributed by atoms with Crippen LogP contribution in [0.15, 0.2) is 16.3 Å². The zero-order valence-corrected chi connectivity index (χ0v) is 36.9. The Kier molecular flexibility index (Phi) is 14.6. The summed E-state index contributed by atoms with van der Waals surface area (Å²) in [6.45, 7) is 13.8. The maximum absolute atomic E-state index is 12.1. The van der Waals surface area contributed by atoms with Crippen LogP contribution in [0.5, 0.6) is 0 Å². The number of carbonyl (C=O) groups is 2. The smallest absolute Gasteiger partial charge is 0.408 e. The lowest BCUT2D eigenvalue weighted by molar-refractivity contribution is 0.0349. The van der Waals surface area contributed by atoms with Gasteiger partial charge >= 0.3 is 12.2 Å². The highest BCUT2D eigenvalue weighted by atomic mass is 127. The van der Waals surface area contributed by atoms with Gasteiger partial charge in [0.2, 0.25) is 15.1 Å². The van der Waals surface area contributed by atoms with Crippen LogP contribution in [0.3, 0.4) is 0 Å². The Bertz CT molecular complexity index is 1750. The summed E-state index contributed by atoms with van der Waals surface area (Å²) in [6.07, 6.45) is 5.35. The van der Waals surface area contributed by atoms with Crippen molar-refractivity contribution in [1.82, 2.24) is 45.1 Å². The number of piperidine rings is 2. The molecule has 2 fully saturated rings. The van der Waals surface area contributed by atoms with E-state index in [1.54, 1.807) is 28.2 Å². The number of carbonyl (C=O) groups excluding carboxylic acids is 2. The van der Waals surface area contributed by atoms with Crippen molar-refractivity contribution in [3.05, 3.63) is 23.7 Å². The third-order valence-corrected chi connectivity index (χ3v) is 11.6. The van der Waals surface area contributed by atoms with Crippen molar-refractivity contribution in [3.8, 4) is 0 Å². The maximum atomic E-state index is 12.1. The summed E-state index contributed by atoms with van der Waals surface area (Å²) in [5.41, 5.74) is -2.24. The molecule has 0 unspecified atom stereocenters. The number of halogens is 3. The van der Waals surface area contributed by atoms with Crippen LogP contribution in [0.1, 0.15) is 67.2 Å². The van der Waals surface area contributed by atoms with Gasteiger partial charge in [-0.2, -0.15) is 9.03 Å². The molecule has 0 aromatic carbocycles. The molecule has 6 rings (SSSR count). The van der Waals surface area contributed by atoms with Gasteiger partial charge in [-0.15, -0.1) is 10.2 Å². The first-order valence-electron chi connectivity index (χ1n) is 16.2. The van der Waals surface area contributed by atoms with Gasteiger partial charge in [-0.25, -0.2) is 19.6 Å². The lowest BCUT2D eigenvalue weighted by atomic mass is 9.88. The number of nitrogens with one attached hydrogen (secondary N) is 3. The number of imidazole rings is 2. The van der Waals surface area contributed by atoms with E-state index in [4.69, 9.17) is 9.47 Å². The number of hydrogen-bond donors (Lipinski definition) is 5. The normalized spacial score (nSPS) is 17.2. The van der Waals surface area contributed by atoms with Gasteiger partial charge in [0.15, 0.2) is 3.92 Å². The number of anilines is 1. The summed E-state index contributed by atoms with van der Waals surface area (Å²) in [5.74, 6) is 0. The molecule has 6 heterocycles. The standard InChI is InChI=1S/C15H22IN5O3S.C11H22N2O3.C4HBrIN3S/c1-14(2,3)24-13(23)18-15(9-22)4-6-20(7-5-15)12-19-21-10(16)8-17-11(21)25-12;1-10(2,3)16-9(15)13-11(8-14)4-6-12-7-5-11;5-3-8-9-2(6)1-7-4(9)10-3/h8,22H,4-7,9H2,1-3H3,(H,18,23);12,14H,4-8H2,1-3H3,(H,13,15);1H. The van der Waals surface area contributed by atoms with E-state index in [1.165, 1.54) is 11.3 Å². The fourth-order valence-corrected chi connectivity index (χ4v) is 8.55. The van der Waals surface area contributed by atoms with Crippen LogP contribution in [0.4, 0.5) is 14.7 Å². The average Bonchev–Trinajstić information content (AvgIpc) is 3.81. The molecule has 0 radical (unpaired) electrons. The molecule has 4 aromatic rings. The van der Waals surface area contributed by atoms with E-state index in [9.17, 15) is 19.8 Å². The van der Waals surface area contributed by atoms with E-state index in [-0.39, 0.29) is 13.2 Å².